The molecule has 1 N–H and O–H groups in total. The van der Waals surface area contributed by atoms with Gasteiger partial charge < -0.3 is 5.32 Å². The molecular weight excluding hydrogens is 332 g/mol. The average molecular weight is 351 g/mol. The number of rotatable bonds is 4. The molecule has 0 amide bonds. The summed E-state index contributed by atoms with van der Waals surface area (Å²) in [5.74, 6) is 0. The number of nitrogens with zero attached hydrogens (tertiary/aromatic N) is 1. The van der Waals surface area contributed by atoms with Gasteiger partial charge in [0.1, 0.15) is 5.01 Å². The van der Waals surface area contributed by atoms with E-state index in [0.717, 1.165) is 17.4 Å². The normalized spacial score (nSPS) is 15.9. The van der Waals surface area contributed by atoms with E-state index >= 15 is 0 Å². The molecule has 1 heterocycles. The molecule has 1 aromatic carbocycles. The molecule has 0 saturated heterocycles. The summed E-state index contributed by atoms with van der Waals surface area (Å²) < 4.78 is 1.12. The monoisotopic (exact) mass is 350 g/mol. The maximum Gasteiger partial charge on any atom is 0.115 e. The summed E-state index contributed by atoms with van der Waals surface area (Å²) in [6, 6.07) is 8.79. The molecule has 0 saturated carbocycles. The Hall–Kier alpha value is -0.710. The molecular formula is C16H19BrN2S. The van der Waals surface area contributed by atoms with Crippen molar-refractivity contribution in [3.05, 3.63) is 49.9 Å². The van der Waals surface area contributed by atoms with Gasteiger partial charge in [-0.15, -0.1) is 11.3 Å². The summed E-state index contributed by atoms with van der Waals surface area (Å²) in [4.78, 5) is 6.42. The first kappa shape index (κ1) is 14.2. The van der Waals surface area contributed by atoms with Gasteiger partial charge in [0.15, 0.2) is 0 Å². The van der Waals surface area contributed by atoms with Gasteiger partial charge in [0.05, 0.1) is 11.7 Å². The van der Waals surface area contributed by atoms with Crippen molar-refractivity contribution in [3.8, 4) is 0 Å². The summed E-state index contributed by atoms with van der Waals surface area (Å²) in [6.45, 7) is 3.10. The standard InChI is InChI=1S/C16H19BrN2S/c1-2-18-15(11-7-9-12(17)10-8-11)16-19-13-5-3-4-6-14(13)20-16/h7-10,15,18H,2-6H2,1H3. The van der Waals surface area contributed by atoms with Gasteiger partial charge in [-0.3, -0.25) is 0 Å². The molecule has 1 unspecified atom stereocenters. The van der Waals surface area contributed by atoms with Crippen molar-refractivity contribution in [2.75, 3.05) is 6.54 Å². The van der Waals surface area contributed by atoms with Gasteiger partial charge in [-0.2, -0.15) is 0 Å². The number of benzene rings is 1. The van der Waals surface area contributed by atoms with E-state index in [1.54, 1.807) is 0 Å². The Labute approximate surface area is 132 Å². The minimum atomic E-state index is 0.226. The van der Waals surface area contributed by atoms with E-state index < -0.39 is 0 Å². The quantitative estimate of drug-likeness (QED) is 0.878. The molecule has 106 valence electrons. The lowest BCUT2D eigenvalue weighted by atomic mass is 10.0. The van der Waals surface area contributed by atoms with Crippen molar-refractivity contribution in [2.24, 2.45) is 0 Å². The molecule has 2 aromatic rings. The van der Waals surface area contributed by atoms with Gasteiger partial charge in [0.25, 0.3) is 0 Å². The van der Waals surface area contributed by atoms with Gasteiger partial charge >= 0.3 is 0 Å². The van der Waals surface area contributed by atoms with Crippen LogP contribution in [0.2, 0.25) is 0 Å². The highest BCUT2D eigenvalue weighted by molar-refractivity contribution is 9.10. The van der Waals surface area contributed by atoms with E-state index in [1.807, 2.05) is 11.3 Å². The van der Waals surface area contributed by atoms with Crippen LogP contribution in [0.3, 0.4) is 0 Å². The number of aryl methyl sites for hydroxylation is 2. The number of hydrogen-bond acceptors (Lipinski definition) is 3. The fourth-order valence-electron chi connectivity index (χ4n) is 2.70. The number of hydrogen-bond donors (Lipinski definition) is 1. The minimum absolute atomic E-state index is 0.226. The third kappa shape index (κ3) is 2.97. The Morgan fingerprint density at radius 3 is 2.70 bits per heavy atom. The van der Waals surface area contributed by atoms with E-state index in [1.165, 1.54) is 40.4 Å². The molecule has 0 radical (unpaired) electrons. The zero-order valence-electron chi connectivity index (χ0n) is 11.7. The third-order valence-electron chi connectivity index (χ3n) is 3.72. The summed E-state index contributed by atoms with van der Waals surface area (Å²) in [7, 11) is 0. The smallest absolute Gasteiger partial charge is 0.115 e. The molecule has 3 rings (SSSR count). The first-order valence-electron chi connectivity index (χ1n) is 7.25. The molecule has 1 aromatic heterocycles. The zero-order valence-corrected chi connectivity index (χ0v) is 14.1. The second kappa shape index (κ2) is 6.37. The number of fused-ring (bicyclic) bond motifs is 1. The molecule has 4 heteroatoms. The van der Waals surface area contributed by atoms with Crippen molar-refractivity contribution in [1.82, 2.24) is 10.3 Å². The van der Waals surface area contributed by atoms with E-state index in [-0.39, 0.29) is 6.04 Å². The molecule has 2 nitrogen and oxygen atoms in total. The zero-order chi connectivity index (χ0) is 13.9. The van der Waals surface area contributed by atoms with Crippen LogP contribution in [0, 0.1) is 0 Å². The second-order valence-electron chi connectivity index (χ2n) is 5.17. The number of aromatic nitrogens is 1. The molecule has 0 spiro atoms. The lowest BCUT2D eigenvalue weighted by Gasteiger charge is -2.15. The number of nitrogens with one attached hydrogen (secondary N) is 1. The van der Waals surface area contributed by atoms with Crippen LogP contribution in [0.25, 0.3) is 0 Å². The maximum atomic E-state index is 4.91. The second-order valence-corrected chi connectivity index (χ2v) is 7.20. The summed E-state index contributed by atoms with van der Waals surface area (Å²) >= 11 is 5.40. The van der Waals surface area contributed by atoms with E-state index in [9.17, 15) is 0 Å². The summed E-state index contributed by atoms with van der Waals surface area (Å²) in [5.41, 5.74) is 2.64. The summed E-state index contributed by atoms with van der Waals surface area (Å²) in [5, 5.41) is 4.80. The van der Waals surface area contributed by atoms with Crippen LogP contribution in [0.5, 0.6) is 0 Å². The maximum absolute atomic E-state index is 4.91. The highest BCUT2D eigenvalue weighted by Crippen LogP contribution is 2.32. The fraction of sp³-hybridized carbons (Fsp3) is 0.438. The number of halogens is 1. The van der Waals surface area contributed by atoms with Crippen LogP contribution >= 0.6 is 27.3 Å². The first-order chi connectivity index (χ1) is 9.78. The SMILES string of the molecule is CCNC(c1ccc(Br)cc1)c1nc2c(s1)CCCC2. The topological polar surface area (TPSA) is 24.9 Å². The van der Waals surface area contributed by atoms with E-state index in [0.29, 0.717) is 0 Å². The first-order valence-corrected chi connectivity index (χ1v) is 8.86. The van der Waals surface area contributed by atoms with Gasteiger partial charge in [-0.25, -0.2) is 4.98 Å². The van der Waals surface area contributed by atoms with Crippen molar-refractivity contribution in [1.29, 1.82) is 0 Å². The Balaban J connectivity index is 1.93. The Kier molecular flexibility index (Phi) is 4.54. The van der Waals surface area contributed by atoms with Crippen molar-refractivity contribution in [2.45, 2.75) is 38.6 Å². The molecule has 1 aliphatic carbocycles. The largest absolute Gasteiger partial charge is 0.305 e. The molecule has 0 bridgehead atoms. The van der Waals surface area contributed by atoms with E-state index in [4.69, 9.17) is 4.98 Å². The van der Waals surface area contributed by atoms with Crippen LogP contribution in [-0.2, 0) is 12.8 Å². The van der Waals surface area contributed by atoms with Crippen LogP contribution in [0.15, 0.2) is 28.7 Å². The lowest BCUT2D eigenvalue weighted by Crippen LogP contribution is -2.21. The van der Waals surface area contributed by atoms with Gasteiger partial charge in [-0.1, -0.05) is 35.0 Å². The highest BCUT2D eigenvalue weighted by Gasteiger charge is 2.21. The van der Waals surface area contributed by atoms with Crippen molar-refractivity contribution in [3.63, 3.8) is 0 Å². The third-order valence-corrected chi connectivity index (χ3v) is 5.47. The fourth-order valence-corrected chi connectivity index (χ4v) is 4.22. The lowest BCUT2D eigenvalue weighted by molar-refractivity contribution is 0.620. The molecule has 0 fully saturated rings. The summed E-state index contributed by atoms with van der Waals surface area (Å²) in [6.07, 6.45) is 4.98. The molecule has 20 heavy (non-hydrogen) atoms. The molecule has 0 aliphatic heterocycles. The molecule has 1 aliphatic rings. The van der Waals surface area contributed by atoms with Crippen LogP contribution in [-0.4, -0.2) is 11.5 Å². The average Bonchev–Trinajstić information content (AvgIpc) is 2.89. The van der Waals surface area contributed by atoms with Gasteiger partial charge in [0, 0.05) is 9.35 Å². The Morgan fingerprint density at radius 2 is 2.00 bits per heavy atom. The van der Waals surface area contributed by atoms with Crippen molar-refractivity contribution < 1.29 is 0 Å². The van der Waals surface area contributed by atoms with Crippen molar-refractivity contribution >= 4 is 27.3 Å². The van der Waals surface area contributed by atoms with Crippen LogP contribution < -0.4 is 5.32 Å². The highest BCUT2D eigenvalue weighted by atomic mass is 79.9. The Morgan fingerprint density at radius 1 is 1.25 bits per heavy atom. The van der Waals surface area contributed by atoms with Crippen LogP contribution in [0.1, 0.15) is 46.9 Å². The van der Waals surface area contributed by atoms with Crippen LogP contribution in [0.4, 0.5) is 0 Å². The molecule has 1 atom stereocenters. The van der Waals surface area contributed by atoms with Gasteiger partial charge in [0.2, 0.25) is 0 Å². The Bertz CT molecular complexity index is 553. The predicted molar refractivity (Wildman–Crippen MR) is 88.4 cm³/mol. The van der Waals surface area contributed by atoms with Gasteiger partial charge in [-0.05, 0) is 49.9 Å². The predicted octanol–water partition coefficient (Wildman–Crippen LogP) is 4.48. The number of thiazole rings is 1. The van der Waals surface area contributed by atoms with E-state index in [2.05, 4.69) is 52.4 Å². The minimum Gasteiger partial charge on any atom is -0.305 e.